The number of amides is 1. The molecule has 5 nitrogen and oxygen atoms in total. The first-order chi connectivity index (χ1) is 7.81. The topological polar surface area (TPSA) is 60.1 Å². The molecule has 3 rings (SSSR count). The molecule has 1 fully saturated rings. The predicted molar refractivity (Wildman–Crippen MR) is 54.5 cm³/mol. The summed E-state index contributed by atoms with van der Waals surface area (Å²) in [7, 11) is 0. The zero-order chi connectivity index (χ0) is 11.0. The van der Waals surface area contributed by atoms with Gasteiger partial charge in [-0.05, 0) is 12.1 Å². The molecule has 2 heterocycles. The van der Waals surface area contributed by atoms with Crippen molar-refractivity contribution in [2.75, 3.05) is 13.2 Å². The molecule has 5 heteroatoms. The van der Waals surface area contributed by atoms with Crippen LogP contribution < -0.4 is 14.8 Å². The van der Waals surface area contributed by atoms with Crippen LogP contribution >= 0.6 is 0 Å². The SMILES string of the molecule is O=C1NCc2ccc(OCC3CO3)cc2O1. The third kappa shape index (κ3) is 1.94. The van der Waals surface area contributed by atoms with Gasteiger partial charge in [0.2, 0.25) is 0 Å². The summed E-state index contributed by atoms with van der Waals surface area (Å²) in [6, 6.07) is 5.48. The lowest BCUT2D eigenvalue weighted by Gasteiger charge is -2.17. The summed E-state index contributed by atoms with van der Waals surface area (Å²) in [5, 5.41) is 2.60. The van der Waals surface area contributed by atoms with Crippen LogP contribution in [0.15, 0.2) is 18.2 Å². The van der Waals surface area contributed by atoms with E-state index in [0.29, 0.717) is 24.7 Å². The third-order valence-electron chi connectivity index (χ3n) is 2.50. The first-order valence-electron chi connectivity index (χ1n) is 5.14. The molecule has 1 unspecified atom stereocenters. The van der Waals surface area contributed by atoms with Crippen molar-refractivity contribution in [2.45, 2.75) is 12.6 Å². The number of fused-ring (bicyclic) bond motifs is 1. The minimum atomic E-state index is -0.421. The van der Waals surface area contributed by atoms with Gasteiger partial charge in [0.05, 0.1) is 6.61 Å². The molecule has 1 aromatic carbocycles. The lowest BCUT2D eigenvalue weighted by molar-refractivity contribution is 0.194. The van der Waals surface area contributed by atoms with Gasteiger partial charge in [0.1, 0.15) is 24.2 Å². The van der Waals surface area contributed by atoms with Crippen molar-refractivity contribution >= 4 is 6.09 Å². The number of ether oxygens (including phenoxy) is 3. The van der Waals surface area contributed by atoms with E-state index in [1.54, 1.807) is 6.07 Å². The zero-order valence-corrected chi connectivity index (χ0v) is 8.56. The summed E-state index contributed by atoms with van der Waals surface area (Å²) in [6.45, 7) is 1.81. The Morgan fingerprint density at radius 3 is 3.19 bits per heavy atom. The van der Waals surface area contributed by atoms with Gasteiger partial charge in [-0.15, -0.1) is 0 Å². The molecule has 0 spiro atoms. The molecule has 2 aliphatic rings. The molecule has 0 bridgehead atoms. The van der Waals surface area contributed by atoms with Gasteiger partial charge < -0.3 is 19.5 Å². The van der Waals surface area contributed by atoms with Crippen LogP contribution in [0, 0.1) is 0 Å². The Bertz CT molecular complexity index is 428. The molecule has 1 aromatic rings. The average molecular weight is 221 g/mol. The van der Waals surface area contributed by atoms with Gasteiger partial charge in [0.25, 0.3) is 0 Å². The predicted octanol–water partition coefficient (Wildman–Crippen LogP) is 1.07. The van der Waals surface area contributed by atoms with Crippen LogP contribution in [0.5, 0.6) is 11.5 Å². The van der Waals surface area contributed by atoms with Crippen LogP contribution in [0.25, 0.3) is 0 Å². The minimum Gasteiger partial charge on any atom is -0.491 e. The second kappa shape index (κ2) is 3.68. The molecule has 0 aliphatic carbocycles. The molecule has 0 aromatic heterocycles. The number of rotatable bonds is 3. The Balaban J connectivity index is 1.74. The highest BCUT2D eigenvalue weighted by Crippen LogP contribution is 2.27. The highest BCUT2D eigenvalue weighted by Gasteiger charge is 2.23. The fourth-order valence-electron chi connectivity index (χ4n) is 1.52. The van der Waals surface area contributed by atoms with E-state index < -0.39 is 6.09 Å². The Morgan fingerprint density at radius 2 is 2.38 bits per heavy atom. The lowest BCUT2D eigenvalue weighted by atomic mass is 10.2. The van der Waals surface area contributed by atoms with Crippen molar-refractivity contribution in [3.63, 3.8) is 0 Å². The number of hydrogen-bond acceptors (Lipinski definition) is 4. The second-order valence-corrected chi connectivity index (χ2v) is 3.78. The second-order valence-electron chi connectivity index (χ2n) is 3.78. The molecular weight excluding hydrogens is 210 g/mol. The molecule has 1 atom stereocenters. The van der Waals surface area contributed by atoms with Crippen LogP contribution in [0.3, 0.4) is 0 Å². The van der Waals surface area contributed by atoms with E-state index in [9.17, 15) is 4.79 Å². The van der Waals surface area contributed by atoms with Gasteiger partial charge in [-0.2, -0.15) is 0 Å². The molecular formula is C11H11NO4. The fraction of sp³-hybridized carbons (Fsp3) is 0.364. The van der Waals surface area contributed by atoms with E-state index in [0.717, 1.165) is 12.2 Å². The van der Waals surface area contributed by atoms with Gasteiger partial charge in [0.15, 0.2) is 0 Å². The van der Waals surface area contributed by atoms with Crippen molar-refractivity contribution < 1.29 is 19.0 Å². The normalized spacial score (nSPS) is 21.8. The van der Waals surface area contributed by atoms with Crippen LogP contribution in [-0.4, -0.2) is 25.4 Å². The third-order valence-corrected chi connectivity index (χ3v) is 2.50. The zero-order valence-electron chi connectivity index (χ0n) is 8.56. The smallest absolute Gasteiger partial charge is 0.412 e. The monoisotopic (exact) mass is 221 g/mol. The van der Waals surface area contributed by atoms with Crippen LogP contribution in [0.2, 0.25) is 0 Å². The molecule has 2 aliphatic heterocycles. The van der Waals surface area contributed by atoms with E-state index in [1.165, 1.54) is 0 Å². The maximum absolute atomic E-state index is 11.0. The number of benzene rings is 1. The summed E-state index contributed by atoms with van der Waals surface area (Å²) >= 11 is 0. The summed E-state index contributed by atoms with van der Waals surface area (Å²) < 4.78 is 15.6. The van der Waals surface area contributed by atoms with Gasteiger partial charge in [-0.3, -0.25) is 0 Å². The van der Waals surface area contributed by atoms with Crippen LogP contribution in [-0.2, 0) is 11.3 Å². The standard InChI is InChI=1S/C11H11NO4/c13-11-12-4-7-1-2-8(3-10(7)16-11)14-5-9-6-15-9/h1-3,9H,4-6H2,(H,12,13). The number of carbonyl (C=O) groups is 1. The van der Waals surface area contributed by atoms with Gasteiger partial charge in [-0.1, -0.05) is 0 Å². The number of epoxide rings is 1. The van der Waals surface area contributed by atoms with Crippen molar-refractivity contribution in [1.29, 1.82) is 0 Å². The van der Waals surface area contributed by atoms with Crippen molar-refractivity contribution in [3.8, 4) is 11.5 Å². The minimum absolute atomic E-state index is 0.222. The molecule has 84 valence electrons. The molecule has 16 heavy (non-hydrogen) atoms. The molecule has 1 N–H and O–H groups in total. The molecule has 1 saturated heterocycles. The summed E-state index contributed by atoms with van der Waals surface area (Å²) in [6.07, 6.45) is -0.199. The first kappa shape index (κ1) is 9.47. The molecule has 0 radical (unpaired) electrons. The highest BCUT2D eigenvalue weighted by molar-refractivity contribution is 5.73. The maximum atomic E-state index is 11.0. The van der Waals surface area contributed by atoms with Crippen LogP contribution in [0.4, 0.5) is 4.79 Å². The largest absolute Gasteiger partial charge is 0.491 e. The first-order valence-corrected chi connectivity index (χ1v) is 5.14. The summed E-state index contributed by atoms with van der Waals surface area (Å²) in [5.74, 6) is 1.27. The van der Waals surface area contributed by atoms with Gasteiger partial charge >= 0.3 is 6.09 Å². The summed E-state index contributed by atoms with van der Waals surface area (Å²) in [4.78, 5) is 11.0. The van der Waals surface area contributed by atoms with Crippen molar-refractivity contribution in [1.82, 2.24) is 5.32 Å². The Kier molecular flexibility index (Phi) is 2.18. The van der Waals surface area contributed by atoms with Crippen LogP contribution in [0.1, 0.15) is 5.56 Å². The van der Waals surface area contributed by atoms with Crippen molar-refractivity contribution in [3.05, 3.63) is 23.8 Å². The highest BCUT2D eigenvalue weighted by atomic mass is 16.6. The Morgan fingerprint density at radius 1 is 1.50 bits per heavy atom. The van der Waals surface area contributed by atoms with Gasteiger partial charge in [0, 0.05) is 18.2 Å². The maximum Gasteiger partial charge on any atom is 0.412 e. The lowest BCUT2D eigenvalue weighted by Crippen LogP contribution is -2.31. The molecule has 0 saturated carbocycles. The van der Waals surface area contributed by atoms with E-state index in [-0.39, 0.29) is 6.10 Å². The quantitative estimate of drug-likeness (QED) is 0.775. The van der Waals surface area contributed by atoms with E-state index in [4.69, 9.17) is 14.2 Å². The van der Waals surface area contributed by atoms with E-state index in [1.807, 2.05) is 12.1 Å². The fourth-order valence-corrected chi connectivity index (χ4v) is 1.52. The Labute approximate surface area is 92.3 Å². The van der Waals surface area contributed by atoms with Gasteiger partial charge in [-0.25, -0.2) is 4.79 Å². The van der Waals surface area contributed by atoms with E-state index in [2.05, 4.69) is 5.32 Å². The number of carbonyl (C=O) groups excluding carboxylic acids is 1. The van der Waals surface area contributed by atoms with Crippen molar-refractivity contribution in [2.24, 2.45) is 0 Å². The number of nitrogens with one attached hydrogen (secondary N) is 1. The molecule has 1 amide bonds. The Hall–Kier alpha value is -1.75. The summed E-state index contributed by atoms with van der Waals surface area (Å²) in [5.41, 5.74) is 0.953. The van der Waals surface area contributed by atoms with E-state index >= 15 is 0 Å². The number of hydrogen-bond donors (Lipinski definition) is 1. The average Bonchev–Trinajstić information content (AvgIpc) is 3.09.